The van der Waals surface area contributed by atoms with Crippen molar-refractivity contribution in [2.75, 3.05) is 23.7 Å². The molecule has 18 heavy (non-hydrogen) atoms. The third kappa shape index (κ3) is 3.69. The van der Waals surface area contributed by atoms with E-state index in [4.69, 9.17) is 0 Å². The highest BCUT2D eigenvalue weighted by atomic mass is 15.1. The van der Waals surface area contributed by atoms with E-state index in [0.29, 0.717) is 0 Å². The molecule has 2 aromatic rings. The SMILES string of the molecule is Cc1cc(NCCNc2ccccn2)nc(C)n1. The van der Waals surface area contributed by atoms with Crippen LogP contribution in [-0.4, -0.2) is 28.0 Å². The highest BCUT2D eigenvalue weighted by Crippen LogP contribution is 2.05. The number of aryl methyl sites for hydroxylation is 2. The summed E-state index contributed by atoms with van der Waals surface area (Å²) >= 11 is 0. The standard InChI is InChI=1S/C13H17N5/c1-10-9-13(18-11(2)17-10)16-8-7-15-12-5-3-4-6-14-12/h3-6,9H,7-8H2,1-2H3,(H,14,15)(H,16,17,18). The summed E-state index contributed by atoms with van der Waals surface area (Å²) in [5, 5.41) is 6.48. The molecular formula is C13H17N5. The quantitative estimate of drug-likeness (QED) is 0.787. The molecule has 5 nitrogen and oxygen atoms in total. The Morgan fingerprint density at radius 2 is 1.78 bits per heavy atom. The van der Waals surface area contributed by atoms with E-state index in [-0.39, 0.29) is 0 Å². The smallest absolute Gasteiger partial charge is 0.129 e. The van der Waals surface area contributed by atoms with Gasteiger partial charge in [-0.25, -0.2) is 15.0 Å². The maximum Gasteiger partial charge on any atom is 0.129 e. The number of pyridine rings is 1. The van der Waals surface area contributed by atoms with Crippen LogP contribution in [0.1, 0.15) is 11.5 Å². The van der Waals surface area contributed by atoms with Crippen molar-refractivity contribution in [3.05, 3.63) is 42.0 Å². The van der Waals surface area contributed by atoms with Gasteiger partial charge in [-0.2, -0.15) is 0 Å². The summed E-state index contributed by atoms with van der Waals surface area (Å²) < 4.78 is 0. The Hall–Kier alpha value is -2.17. The van der Waals surface area contributed by atoms with Crippen molar-refractivity contribution < 1.29 is 0 Å². The van der Waals surface area contributed by atoms with Crippen molar-refractivity contribution >= 4 is 11.6 Å². The van der Waals surface area contributed by atoms with Crippen LogP contribution in [0.3, 0.4) is 0 Å². The summed E-state index contributed by atoms with van der Waals surface area (Å²) in [6, 6.07) is 7.74. The fourth-order valence-corrected chi connectivity index (χ4v) is 1.66. The first-order chi connectivity index (χ1) is 8.74. The number of hydrogen-bond donors (Lipinski definition) is 2. The van der Waals surface area contributed by atoms with E-state index in [1.54, 1.807) is 6.20 Å². The topological polar surface area (TPSA) is 62.7 Å². The molecule has 94 valence electrons. The molecule has 2 rings (SSSR count). The molecule has 0 saturated heterocycles. The molecule has 0 aliphatic rings. The van der Waals surface area contributed by atoms with Crippen LogP contribution in [-0.2, 0) is 0 Å². The average Bonchev–Trinajstić information content (AvgIpc) is 2.35. The van der Waals surface area contributed by atoms with Crippen molar-refractivity contribution in [2.24, 2.45) is 0 Å². The van der Waals surface area contributed by atoms with E-state index in [1.165, 1.54) is 0 Å². The van der Waals surface area contributed by atoms with Gasteiger partial charge < -0.3 is 10.6 Å². The van der Waals surface area contributed by atoms with Crippen molar-refractivity contribution in [1.82, 2.24) is 15.0 Å². The number of nitrogens with one attached hydrogen (secondary N) is 2. The Kier molecular flexibility index (Phi) is 4.06. The number of hydrogen-bond acceptors (Lipinski definition) is 5. The van der Waals surface area contributed by atoms with Gasteiger partial charge in [0.15, 0.2) is 0 Å². The van der Waals surface area contributed by atoms with E-state index in [9.17, 15) is 0 Å². The molecule has 0 aliphatic heterocycles. The number of anilines is 2. The normalized spacial score (nSPS) is 10.1. The molecule has 0 atom stereocenters. The highest BCUT2D eigenvalue weighted by molar-refractivity contribution is 5.37. The molecule has 0 fully saturated rings. The van der Waals surface area contributed by atoms with Crippen molar-refractivity contribution in [3.8, 4) is 0 Å². The van der Waals surface area contributed by atoms with Crippen molar-refractivity contribution in [3.63, 3.8) is 0 Å². The van der Waals surface area contributed by atoms with Crippen LogP contribution in [0.15, 0.2) is 30.5 Å². The Balaban J connectivity index is 1.78. The summed E-state index contributed by atoms with van der Waals surface area (Å²) in [7, 11) is 0. The second-order valence-corrected chi connectivity index (χ2v) is 4.01. The molecule has 2 heterocycles. The predicted octanol–water partition coefficient (Wildman–Crippen LogP) is 2.01. The largest absolute Gasteiger partial charge is 0.368 e. The van der Waals surface area contributed by atoms with Crippen LogP contribution >= 0.6 is 0 Å². The minimum absolute atomic E-state index is 0.784. The van der Waals surface area contributed by atoms with Gasteiger partial charge in [0, 0.05) is 31.0 Å². The summed E-state index contributed by atoms with van der Waals surface area (Å²) in [6.07, 6.45) is 1.77. The number of rotatable bonds is 5. The first-order valence-corrected chi connectivity index (χ1v) is 5.95. The van der Waals surface area contributed by atoms with Crippen molar-refractivity contribution in [1.29, 1.82) is 0 Å². The van der Waals surface area contributed by atoms with Crippen LogP contribution in [0, 0.1) is 13.8 Å². The summed E-state index contributed by atoms with van der Waals surface area (Å²) in [5.74, 6) is 2.53. The maximum absolute atomic E-state index is 4.31. The van der Waals surface area contributed by atoms with Crippen LogP contribution in [0.25, 0.3) is 0 Å². The highest BCUT2D eigenvalue weighted by Gasteiger charge is 1.97. The second kappa shape index (κ2) is 5.95. The van der Waals surface area contributed by atoms with Crippen LogP contribution in [0.5, 0.6) is 0 Å². The molecule has 0 saturated carbocycles. The lowest BCUT2D eigenvalue weighted by molar-refractivity contribution is 0.983. The number of nitrogens with zero attached hydrogens (tertiary/aromatic N) is 3. The Bertz CT molecular complexity index is 478. The van der Waals surface area contributed by atoms with Crippen molar-refractivity contribution in [2.45, 2.75) is 13.8 Å². The molecule has 0 aromatic carbocycles. The summed E-state index contributed by atoms with van der Waals surface area (Å²) in [5.41, 5.74) is 0.975. The van der Waals surface area contributed by atoms with Gasteiger partial charge in [-0.3, -0.25) is 0 Å². The molecule has 2 aromatic heterocycles. The van der Waals surface area contributed by atoms with Crippen LogP contribution in [0.2, 0.25) is 0 Å². The van der Waals surface area contributed by atoms with Gasteiger partial charge >= 0.3 is 0 Å². The van der Waals surface area contributed by atoms with Gasteiger partial charge in [0.1, 0.15) is 17.5 Å². The molecule has 0 amide bonds. The Morgan fingerprint density at radius 3 is 2.44 bits per heavy atom. The van der Waals surface area contributed by atoms with E-state index in [0.717, 1.165) is 36.2 Å². The van der Waals surface area contributed by atoms with Gasteiger partial charge in [0.05, 0.1) is 0 Å². The lowest BCUT2D eigenvalue weighted by Crippen LogP contribution is -2.15. The predicted molar refractivity (Wildman–Crippen MR) is 72.7 cm³/mol. The van der Waals surface area contributed by atoms with Gasteiger partial charge in [0.25, 0.3) is 0 Å². The minimum Gasteiger partial charge on any atom is -0.368 e. The van der Waals surface area contributed by atoms with Crippen LogP contribution in [0.4, 0.5) is 11.6 Å². The van der Waals surface area contributed by atoms with Gasteiger partial charge in [0.2, 0.25) is 0 Å². The molecule has 2 N–H and O–H groups in total. The first-order valence-electron chi connectivity index (χ1n) is 5.95. The fourth-order valence-electron chi connectivity index (χ4n) is 1.66. The summed E-state index contributed by atoms with van der Waals surface area (Å²) in [4.78, 5) is 12.7. The zero-order valence-corrected chi connectivity index (χ0v) is 10.6. The Labute approximate surface area is 107 Å². The zero-order chi connectivity index (χ0) is 12.8. The zero-order valence-electron chi connectivity index (χ0n) is 10.6. The van der Waals surface area contributed by atoms with E-state index < -0.39 is 0 Å². The molecule has 0 bridgehead atoms. The molecule has 0 spiro atoms. The average molecular weight is 243 g/mol. The molecule has 0 unspecified atom stereocenters. The van der Waals surface area contributed by atoms with Gasteiger partial charge in [-0.05, 0) is 26.0 Å². The summed E-state index contributed by atoms with van der Waals surface area (Å²) in [6.45, 7) is 5.43. The number of aromatic nitrogens is 3. The van der Waals surface area contributed by atoms with Gasteiger partial charge in [-0.15, -0.1) is 0 Å². The lowest BCUT2D eigenvalue weighted by atomic mass is 10.4. The third-order valence-corrected chi connectivity index (χ3v) is 2.37. The Morgan fingerprint density at radius 1 is 1.00 bits per heavy atom. The lowest BCUT2D eigenvalue weighted by Gasteiger charge is -2.08. The van der Waals surface area contributed by atoms with E-state index in [2.05, 4.69) is 25.6 Å². The molecular weight excluding hydrogens is 226 g/mol. The van der Waals surface area contributed by atoms with E-state index >= 15 is 0 Å². The third-order valence-electron chi connectivity index (χ3n) is 2.37. The maximum atomic E-state index is 4.31. The monoisotopic (exact) mass is 243 g/mol. The minimum atomic E-state index is 0.784. The molecule has 0 radical (unpaired) electrons. The van der Waals surface area contributed by atoms with E-state index in [1.807, 2.05) is 38.1 Å². The molecule has 0 aliphatic carbocycles. The van der Waals surface area contributed by atoms with Crippen LogP contribution < -0.4 is 10.6 Å². The second-order valence-electron chi connectivity index (χ2n) is 4.01. The first kappa shape index (κ1) is 12.3. The molecule has 5 heteroatoms. The fraction of sp³-hybridized carbons (Fsp3) is 0.308. The van der Waals surface area contributed by atoms with Gasteiger partial charge in [-0.1, -0.05) is 6.07 Å².